The molecule has 1 rings (SSSR count). The summed E-state index contributed by atoms with van der Waals surface area (Å²) in [4.78, 5) is 22.4. The van der Waals surface area contributed by atoms with E-state index in [1.807, 2.05) is 6.92 Å². The van der Waals surface area contributed by atoms with Crippen molar-refractivity contribution in [3.63, 3.8) is 0 Å². The Morgan fingerprint density at radius 3 is 2.29 bits per heavy atom. The Bertz CT molecular complexity index is 493. The average Bonchev–Trinajstić information content (AvgIpc) is 2.56. The zero-order valence-electron chi connectivity index (χ0n) is 14.5. The van der Waals surface area contributed by atoms with Crippen molar-refractivity contribution in [2.45, 2.75) is 65.2 Å². The lowest BCUT2D eigenvalue weighted by molar-refractivity contribution is -0.117. The van der Waals surface area contributed by atoms with Crippen molar-refractivity contribution < 1.29 is 9.59 Å². The first kappa shape index (κ1) is 19.7. The van der Waals surface area contributed by atoms with Gasteiger partial charge in [-0.05, 0) is 26.2 Å². The number of rotatable bonds is 12. The third kappa shape index (κ3) is 9.65. The first-order valence-electron chi connectivity index (χ1n) is 8.47. The number of ketones is 1. The number of hydrazine groups is 1. The Kier molecular flexibility index (Phi) is 9.98. The third-order valence-corrected chi connectivity index (χ3v) is 3.27. The molecule has 0 aliphatic rings. The first-order valence-corrected chi connectivity index (χ1v) is 8.47. The average molecular weight is 337 g/mol. The molecule has 1 heterocycles. The molecule has 2 amide bonds. The van der Waals surface area contributed by atoms with Crippen LogP contribution in [-0.4, -0.2) is 38.8 Å². The highest BCUT2D eigenvalue weighted by Gasteiger charge is 2.03. The fraction of sp³-hybridized carbons (Fsp3) is 0.733. The lowest BCUT2D eigenvalue weighted by Gasteiger charge is -2.08. The van der Waals surface area contributed by atoms with E-state index in [2.05, 4.69) is 36.6 Å². The maximum Gasteiger partial charge on any atom is 0.333 e. The van der Waals surface area contributed by atoms with Gasteiger partial charge >= 0.3 is 6.03 Å². The Hall–Kier alpha value is -2.32. The maximum absolute atomic E-state index is 11.6. The van der Waals surface area contributed by atoms with E-state index in [4.69, 9.17) is 0 Å². The number of anilines is 1. The third-order valence-electron chi connectivity index (χ3n) is 3.27. The second kappa shape index (κ2) is 12.1. The van der Waals surface area contributed by atoms with Crippen LogP contribution in [0.15, 0.2) is 0 Å². The van der Waals surface area contributed by atoms with Crippen molar-refractivity contribution in [3.8, 4) is 0 Å². The molecule has 3 N–H and O–H groups in total. The topological polar surface area (TPSA) is 122 Å². The van der Waals surface area contributed by atoms with Gasteiger partial charge in [-0.1, -0.05) is 26.2 Å². The van der Waals surface area contributed by atoms with E-state index >= 15 is 0 Å². The summed E-state index contributed by atoms with van der Waals surface area (Å²) < 4.78 is 0. The zero-order chi connectivity index (χ0) is 17.6. The summed E-state index contributed by atoms with van der Waals surface area (Å²) in [5.41, 5.74) is 4.98. The highest BCUT2D eigenvalue weighted by atomic mass is 16.2. The lowest BCUT2D eigenvalue weighted by atomic mass is 10.1. The molecule has 0 aromatic carbocycles. The number of urea groups is 1. The molecule has 0 aliphatic carbocycles. The summed E-state index contributed by atoms with van der Waals surface area (Å²) in [6.07, 6.45) is 7.32. The molecule has 9 nitrogen and oxygen atoms in total. The van der Waals surface area contributed by atoms with Crippen LogP contribution in [0.2, 0.25) is 0 Å². The van der Waals surface area contributed by atoms with Gasteiger partial charge in [0.1, 0.15) is 5.78 Å². The van der Waals surface area contributed by atoms with Crippen LogP contribution in [0, 0.1) is 0 Å². The summed E-state index contributed by atoms with van der Waals surface area (Å²) in [6, 6.07) is -0.354. The van der Waals surface area contributed by atoms with E-state index in [0.717, 1.165) is 44.9 Å². The Morgan fingerprint density at radius 2 is 1.62 bits per heavy atom. The number of unbranched alkanes of at least 4 members (excludes halogenated alkanes) is 4. The number of nitrogens with zero attached hydrogens (tertiary/aromatic N) is 4. The predicted molar refractivity (Wildman–Crippen MR) is 90.2 cm³/mol. The Labute approximate surface area is 142 Å². The number of aryl methyl sites for hydroxylation is 1. The Morgan fingerprint density at radius 1 is 0.958 bits per heavy atom. The molecule has 0 saturated heterocycles. The predicted octanol–water partition coefficient (Wildman–Crippen LogP) is 1.77. The molecule has 0 unspecified atom stereocenters. The molecule has 24 heavy (non-hydrogen) atoms. The second-order valence-electron chi connectivity index (χ2n) is 5.62. The van der Waals surface area contributed by atoms with E-state index in [-0.39, 0.29) is 17.8 Å². The number of carbonyl (C=O) groups excluding carboxylic acids is 2. The largest absolute Gasteiger partial charge is 0.337 e. The van der Waals surface area contributed by atoms with Gasteiger partial charge in [-0.15, -0.1) is 20.4 Å². The fourth-order valence-electron chi connectivity index (χ4n) is 2.01. The van der Waals surface area contributed by atoms with E-state index < -0.39 is 0 Å². The van der Waals surface area contributed by atoms with Crippen LogP contribution in [0.5, 0.6) is 0 Å². The summed E-state index contributed by atoms with van der Waals surface area (Å²) in [7, 11) is 0. The van der Waals surface area contributed by atoms with E-state index in [9.17, 15) is 9.59 Å². The van der Waals surface area contributed by atoms with Gasteiger partial charge in [-0.25, -0.2) is 10.2 Å². The molecular formula is C15H27N7O2. The molecule has 1 aromatic rings. The van der Waals surface area contributed by atoms with Gasteiger partial charge in [-0.3, -0.25) is 5.43 Å². The van der Waals surface area contributed by atoms with Gasteiger partial charge in [0.2, 0.25) is 0 Å². The van der Waals surface area contributed by atoms with Crippen molar-refractivity contribution in [1.82, 2.24) is 31.1 Å². The number of nitrogens with one attached hydrogen (secondary N) is 3. The minimum Gasteiger partial charge on any atom is -0.337 e. The van der Waals surface area contributed by atoms with Crippen molar-refractivity contribution >= 4 is 17.8 Å². The van der Waals surface area contributed by atoms with Crippen LogP contribution >= 0.6 is 0 Å². The van der Waals surface area contributed by atoms with Crippen molar-refractivity contribution in [3.05, 3.63) is 5.82 Å². The zero-order valence-corrected chi connectivity index (χ0v) is 14.5. The van der Waals surface area contributed by atoms with Gasteiger partial charge < -0.3 is 10.1 Å². The minimum absolute atomic E-state index is 0.149. The van der Waals surface area contributed by atoms with E-state index in [0.29, 0.717) is 18.8 Å². The van der Waals surface area contributed by atoms with Gasteiger partial charge in [0.15, 0.2) is 5.82 Å². The number of carbonyl (C=O) groups is 2. The van der Waals surface area contributed by atoms with Crippen molar-refractivity contribution in [2.75, 3.05) is 12.0 Å². The summed E-state index contributed by atoms with van der Waals surface area (Å²) >= 11 is 0. The molecule has 0 atom stereocenters. The summed E-state index contributed by atoms with van der Waals surface area (Å²) in [5.74, 6) is 0.974. The van der Waals surface area contributed by atoms with Crippen LogP contribution < -0.4 is 16.2 Å². The summed E-state index contributed by atoms with van der Waals surface area (Å²) in [5, 5.41) is 18.1. The number of hydrogen-bond donors (Lipinski definition) is 3. The number of Topliss-reactive ketones (excluding diaryl/α,β-unsaturated/α-hetero) is 1. The quantitative estimate of drug-likeness (QED) is 0.392. The van der Waals surface area contributed by atoms with Gasteiger partial charge in [0, 0.05) is 19.4 Å². The molecule has 0 radical (unpaired) electrons. The van der Waals surface area contributed by atoms with Gasteiger partial charge in [0.05, 0.1) is 0 Å². The monoisotopic (exact) mass is 337 g/mol. The van der Waals surface area contributed by atoms with Crippen LogP contribution in [-0.2, 0) is 11.2 Å². The second-order valence-corrected chi connectivity index (χ2v) is 5.62. The minimum atomic E-state index is -0.354. The van der Waals surface area contributed by atoms with Gasteiger partial charge in [0.25, 0.3) is 5.95 Å². The molecule has 0 bridgehead atoms. The van der Waals surface area contributed by atoms with Crippen LogP contribution in [0.25, 0.3) is 0 Å². The highest BCUT2D eigenvalue weighted by Crippen LogP contribution is 2.05. The van der Waals surface area contributed by atoms with Gasteiger partial charge in [-0.2, -0.15) is 0 Å². The van der Waals surface area contributed by atoms with E-state index in [1.54, 1.807) is 6.92 Å². The molecule has 0 aliphatic heterocycles. The number of aromatic nitrogens is 4. The Balaban J connectivity index is 2.02. The molecular weight excluding hydrogens is 310 g/mol. The molecule has 134 valence electrons. The standard InChI is InChI=1S/C15H27N7O2/c1-3-9-13-17-19-14(20-18-13)21-22-15(24)16-11-8-6-4-5-7-10-12(2)23/h3-11H2,1-2H3,(H2,16,22,24)(H,19,20,21). The van der Waals surface area contributed by atoms with Crippen molar-refractivity contribution in [2.24, 2.45) is 0 Å². The number of amides is 2. The molecule has 0 spiro atoms. The maximum atomic E-state index is 11.6. The number of hydrogen-bond acceptors (Lipinski definition) is 7. The lowest BCUT2D eigenvalue weighted by Crippen LogP contribution is -2.40. The molecule has 0 fully saturated rings. The molecule has 9 heteroatoms. The SMILES string of the molecule is CCCc1nnc(NNC(=O)NCCCCCCCC(C)=O)nn1. The fourth-order valence-corrected chi connectivity index (χ4v) is 2.01. The van der Waals surface area contributed by atoms with Crippen molar-refractivity contribution in [1.29, 1.82) is 0 Å². The molecule has 1 aromatic heterocycles. The van der Waals surface area contributed by atoms with Crippen LogP contribution in [0.4, 0.5) is 10.7 Å². The summed E-state index contributed by atoms with van der Waals surface area (Å²) in [6.45, 7) is 4.23. The highest BCUT2D eigenvalue weighted by molar-refractivity contribution is 5.75. The smallest absolute Gasteiger partial charge is 0.333 e. The molecule has 0 saturated carbocycles. The first-order chi connectivity index (χ1) is 11.6. The van der Waals surface area contributed by atoms with Crippen LogP contribution in [0.1, 0.15) is 64.6 Å². The van der Waals surface area contributed by atoms with E-state index in [1.165, 1.54) is 0 Å². The van der Waals surface area contributed by atoms with Crippen LogP contribution in [0.3, 0.4) is 0 Å². The normalized spacial score (nSPS) is 10.2.